The van der Waals surface area contributed by atoms with E-state index in [0.29, 0.717) is 6.04 Å². The fourth-order valence-electron chi connectivity index (χ4n) is 3.74. The molecule has 1 saturated heterocycles. The van der Waals surface area contributed by atoms with Crippen LogP contribution in [0.15, 0.2) is 90.3 Å². The Kier molecular flexibility index (Phi) is 5.56. The van der Waals surface area contributed by atoms with Crippen LogP contribution in [0.25, 0.3) is 0 Å². The van der Waals surface area contributed by atoms with Crippen molar-refractivity contribution in [1.82, 2.24) is 9.99 Å². The average Bonchev–Trinajstić information content (AvgIpc) is 2.76. The number of nitrogens with one attached hydrogen (secondary N) is 1. The maximum absolute atomic E-state index is 4.65. The molecule has 1 N–H and O–H groups in total. The molecule has 0 amide bonds. The van der Waals surface area contributed by atoms with Crippen LogP contribution in [-0.2, 0) is 0 Å². The van der Waals surface area contributed by atoms with Crippen LogP contribution in [-0.4, -0.2) is 42.4 Å². The molecule has 2 heterocycles. The summed E-state index contributed by atoms with van der Waals surface area (Å²) in [4.78, 5) is 5.73. The summed E-state index contributed by atoms with van der Waals surface area (Å²) in [5.74, 6) is 0. The molecule has 1 aliphatic heterocycles. The molecular formula is C23H25N4+. The first-order valence-electron chi connectivity index (χ1n) is 9.53. The number of hydrogen-bond donors (Lipinski definition) is 1. The van der Waals surface area contributed by atoms with E-state index >= 15 is 0 Å². The van der Waals surface area contributed by atoms with Crippen molar-refractivity contribution in [3.63, 3.8) is 0 Å². The summed E-state index contributed by atoms with van der Waals surface area (Å²) < 4.78 is 0. The highest BCUT2D eigenvalue weighted by atomic mass is 15.5. The van der Waals surface area contributed by atoms with Gasteiger partial charge in [-0.2, -0.15) is 5.10 Å². The predicted octanol–water partition coefficient (Wildman–Crippen LogP) is 2.41. The second kappa shape index (κ2) is 8.60. The van der Waals surface area contributed by atoms with E-state index in [1.807, 2.05) is 24.5 Å². The first kappa shape index (κ1) is 17.4. The van der Waals surface area contributed by atoms with Gasteiger partial charge < -0.3 is 4.90 Å². The van der Waals surface area contributed by atoms with E-state index in [9.17, 15) is 0 Å². The number of piperazine rings is 1. The lowest BCUT2D eigenvalue weighted by molar-refractivity contribution is -0.929. The number of hydrogen-bond acceptors (Lipinski definition) is 3. The zero-order chi connectivity index (χ0) is 18.3. The van der Waals surface area contributed by atoms with Crippen molar-refractivity contribution in [2.75, 3.05) is 26.2 Å². The maximum Gasteiger partial charge on any atom is 0.139 e. The molecule has 0 bridgehead atoms. The molecule has 0 spiro atoms. The van der Waals surface area contributed by atoms with Crippen LogP contribution in [0.2, 0.25) is 0 Å². The molecule has 27 heavy (non-hydrogen) atoms. The zero-order valence-electron chi connectivity index (χ0n) is 15.4. The van der Waals surface area contributed by atoms with Gasteiger partial charge in [-0.3, -0.25) is 9.99 Å². The van der Waals surface area contributed by atoms with Gasteiger partial charge in [0.2, 0.25) is 0 Å². The molecule has 1 aliphatic rings. The highest BCUT2D eigenvalue weighted by Crippen LogP contribution is 2.19. The summed E-state index contributed by atoms with van der Waals surface area (Å²) in [5.41, 5.74) is 3.80. The Hall–Kier alpha value is -2.98. The van der Waals surface area contributed by atoms with Gasteiger partial charge in [-0.1, -0.05) is 66.7 Å². The number of quaternary nitrogens is 1. The summed E-state index contributed by atoms with van der Waals surface area (Å²) in [6, 6.07) is 26.1. The number of benzene rings is 2. The fourth-order valence-corrected chi connectivity index (χ4v) is 3.74. The minimum absolute atomic E-state index is 0.372. The summed E-state index contributed by atoms with van der Waals surface area (Å²) in [5, 5.41) is 6.82. The smallest absolute Gasteiger partial charge is 0.139 e. The maximum atomic E-state index is 4.65. The zero-order valence-corrected chi connectivity index (χ0v) is 15.4. The Balaban J connectivity index is 1.47. The van der Waals surface area contributed by atoms with Gasteiger partial charge in [-0.25, -0.2) is 0 Å². The van der Waals surface area contributed by atoms with Gasteiger partial charge in [0.05, 0.1) is 32.4 Å². The van der Waals surface area contributed by atoms with Gasteiger partial charge in [0.25, 0.3) is 0 Å². The molecule has 0 saturated carbocycles. The van der Waals surface area contributed by atoms with E-state index in [4.69, 9.17) is 0 Å². The molecule has 0 aliphatic carbocycles. The van der Waals surface area contributed by atoms with E-state index in [2.05, 4.69) is 75.8 Å². The Morgan fingerprint density at radius 2 is 1.48 bits per heavy atom. The van der Waals surface area contributed by atoms with Crippen LogP contribution >= 0.6 is 0 Å². The SMILES string of the molecule is C(=N/N1CC[NH+](C(c2ccccc2)c2ccccc2)CC1)/c1cccnc1. The number of pyridine rings is 1. The van der Waals surface area contributed by atoms with E-state index in [0.717, 1.165) is 31.7 Å². The van der Waals surface area contributed by atoms with Crippen LogP contribution in [0.3, 0.4) is 0 Å². The highest BCUT2D eigenvalue weighted by Gasteiger charge is 2.29. The second-order valence-corrected chi connectivity index (χ2v) is 6.90. The minimum atomic E-state index is 0.372. The molecule has 2 aromatic carbocycles. The summed E-state index contributed by atoms with van der Waals surface area (Å²) >= 11 is 0. The van der Waals surface area contributed by atoms with Crippen molar-refractivity contribution in [3.05, 3.63) is 102 Å². The fraction of sp³-hybridized carbons (Fsp3) is 0.217. The van der Waals surface area contributed by atoms with Crippen molar-refractivity contribution in [3.8, 4) is 0 Å². The standard InChI is InChI=1S/C23H24N4/c1-3-9-21(10-4-1)23(22-11-5-2-6-12-22)26-14-16-27(17-15-26)25-19-20-8-7-13-24-18-20/h1-13,18-19,23H,14-17H2/p+1/b25-19-. The molecule has 0 radical (unpaired) electrons. The lowest BCUT2D eigenvalue weighted by atomic mass is 9.96. The molecule has 4 heteroatoms. The summed E-state index contributed by atoms with van der Waals surface area (Å²) in [6.07, 6.45) is 5.53. The molecule has 0 unspecified atom stereocenters. The Labute approximate surface area is 160 Å². The first-order chi connectivity index (χ1) is 13.4. The van der Waals surface area contributed by atoms with Crippen LogP contribution in [0.4, 0.5) is 0 Å². The summed E-state index contributed by atoms with van der Waals surface area (Å²) in [6.45, 7) is 4.06. The van der Waals surface area contributed by atoms with E-state index in [-0.39, 0.29) is 0 Å². The normalized spacial score (nSPS) is 15.5. The Bertz CT molecular complexity index is 802. The van der Waals surface area contributed by atoms with Gasteiger partial charge in [0.15, 0.2) is 0 Å². The molecule has 0 atom stereocenters. The van der Waals surface area contributed by atoms with Gasteiger partial charge in [-0.05, 0) is 6.07 Å². The summed E-state index contributed by atoms with van der Waals surface area (Å²) in [7, 11) is 0. The van der Waals surface area contributed by atoms with Crippen molar-refractivity contribution < 1.29 is 4.90 Å². The molecule has 4 nitrogen and oxygen atoms in total. The van der Waals surface area contributed by atoms with Crippen molar-refractivity contribution >= 4 is 6.21 Å². The van der Waals surface area contributed by atoms with Gasteiger partial charge >= 0.3 is 0 Å². The second-order valence-electron chi connectivity index (χ2n) is 6.90. The number of hydrazone groups is 1. The van der Waals surface area contributed by atoms with Gasteiger partial charge in [0, 0.05) is 29.1 Å². The van der Waals surface area contributed by atoms with E-state index in [1.165, 1.54) is 11.1 Å². The first-order valence-corrected chi connectivity index (χ1v) is 9.53. The third kappa shape index (κ3) is 4.41. The van der Waals surface area contributed by atoms with E-state index in [1.54, 1.807) is 11.1 Å². The number of rotatable bonds is 5. The molecule has 136 valence electrons. The monoisotopic (exact) mass is 357 g/mol. The van der Waals surface area contributed by atoms with Crippen LogP contribution < -0.4 is 4.90 Å². The van der Waals surface area contributed by atoms with Crippen molar-refractivity contribution in [1.29, 1.82) is 0 Å². The quantitative estimate of drug-likeness (QED) is 0.712. The van der Waals surface area contributed by atoms with Crippen molar-refractivity contribution in [2.45, 2.75) is 6.04 Å². The number of nitrogens with zero attached hydrogens (tertiary/aromatic N) is 3. The molecule has 3 aromatic rings. The minimum Gasteiger partial charge on any atom is -0.322 e. The molecule has 4 rings (SSSR count). The Morgan fingerprint density at radius 1 is 0.852 bits per heavy atom. The lowest BCUT2D eigenvalue weighted by Crippen LogP contribution is -3.15. The Morgan fingerprint density at radius 3 is 2.04 bits per heavy atom. The van der Waals surface area contributed by atoms with Crippen LogP contribution in [0.5, 0.6) is 0 Å². The highest BCUT2D eigenvalue weighted by molar-refractivity contribution is 5.78. The molecule has 1 fully saturated rings. The predicted molar refractivity (Wildman–Crippen MR) is 109 cm³/mol. The average molecular weight is 357 g/mol. The molecule has 1 aromatic heterocycles. The van der Waals surface area contributed by atoms with Gasteiger partial charge in [-0.15, -0.1) is 0 Å². The third-order valence-electron chi connectivity index (χ3n) is 5.11. The lowest BCUT2D eigenvalue weighted by Gasteiger charge is -2.35. The molecular weight excluding hydrogens is 332 g/mol. The topological polar surface area (TPSA) is 32.9 Å². The largest absolute Gasteiger partial charge is 0.322 e. The van der Waals surface area contributed by atoms with E-state index < -0.39 is 0 Å². The van der Waals surface area contributed by atoms with Crippen molar-refractivity contribution in [2.24, 2.45) is 5.10 Å². The third-order valence-corrected chi connectivity index (χ3v) is 5.11. The van der Waals surface area contributed by atoms with Crippen LogP contribution in [0, 0.1) is 0 Å². The van der Waals surface area contributed by atoms with Crippen LogP contribution in [0.1, 0.15) is 22.7 Å². The number of aromatic nitrogens is 1. The van der Waals surface area contributed by atoms with Gasteiger partial charge in [0.1, 0.15) is 6.04 Å².